The highest BCUT2D eigenvalue weighted by Gasteiger charge is 2.24. The van der Waals surface area contributed by atoms with Gasteiger partial charge >= 0.3 is 5.97 Å². The predicted molar refractivity (Wildman–Crippen MR) is 87.0 cm³/mol. The van der Waals surface area contributed by atoms with Crippen LogP contribution in [0.25, 0.3) is 0 Å². The van der Waals surface area contributed by atoms with Crippen molar-refractivity contribution in [2.75, 3.05) is 5.32 Å². The van der Waals surface area contributed by atoms with E-state index in [9.17, 15) is 22.8 Å². The van der Waals surface area contributed by atoms with Crippen LogP contribution in [0.5, 0.6) is 5.75 Å². The molecule has 2 aromatic carbocycles. The second-order valence-electron chi connectivity index (χ2n) is 5.41. The highest BCUT2D eigenvalue weighted by Crippen LogP contribution is 2.16. The van der Waals surface area contributed by atoms with Crippen molar-refractivity contribution in [1.82, 2.24) is 0 Å². The summed E-state index contributed by atoms with van der Waals surface area (Å²) in [5, 5.41) is 2.20. The van der Waals surface area contributed by atoms with Crippen molar-refractivity contribution in [3.8, 4) is 5.75 Å². The van der Waals surface area contributed by atoms with Gasteiger partial charge in [-0.3, -0.25) is 4.79 Å². The van der Waals surface area contributed by atoms with Crippen LogP contribution in [0.15, 0.2) is 42.5 Å². The van der Waals surface area contributed by atoms with Gasteiger partial charge in [0.15, 0.2) is 12.2 Å². The number of ether oxygens (including phenoxy) is 2. The first kappa shape index (κ1) is 19.3. The third kappa shape index (κ3) is 5.23. The smallest absolute Gasteiger partial charge is 0.347 e. The Bertz CT molecular complexity index is 796. The van der Waals surface area contributed by atoms with Crippen molar-refractivity contribution in [1.29, 1.82) is 0 Å². The molecule has 1 N–H and O–H groups in total. The minimum absolute atomic E-state index is 0.241. The van der Waals surface area contributed by atoms with Crippen LogP contribution in [0, 0.1) is 17.5 Å². The Balaban J connectivity index is 1.90. The standard InChI is InChI=1S/C18H16F3NO4/c1-10(17(23)22-16-8-5-13(20)9-15(16)21)26-18(24)11(2)25-14-6-3-12(19)4-7-14/h3-11H,1-2H3,(H,22,23)/t10-,11-/m0/s1. The van der Waals surface area contributed by atoms with Gasteiger partial charge in [0, 0.05) is 6.07 Å². The maximum atomic E-state index is 13.5. The number of anilines is 1. The summed E-state index contributed by atoms with van der Waals surface area (Å²) in [6.07, 6.45) is -2.30. The molecule has 0 saturated carbocycles. The molecule has 0 spiro atoms. The Morgan fingerprint density at radius 2 is 1.54 bits per heavy atom. The molecule has 2 rings (SSSR count). The van der Waals surface area contributed by atoms with Crippen LogP contribution < -0.4 is 10.1 Å². The fourth-order valence-electron chi connectivity index (χ4n) is 1.91. The average Bonchev–Trinajstić information content (AvgIpc) is 2.59. The van der Waals surface area contributed by atoms with Gasteiger partial charge in [-0.25, -0.2) is 18.0 Å². The summed E-state index contributed by atoms with van der Waals surface area (Å²) in [5.41, 5.74) is -0.241. The second kappa shape index (κ2) is 8.37. The fraction of sp³-hybridized carbons (Fsp3) is 0.222. The van der Waals surface area contributed by atoms with Crippen molar-refractivity contribution in [2.45, 2.75) is 26.1 Å². The first-order valence-corrected chi connectivity index (χ1v) is 7.65. The normalized spacial score (nSPS) is 12.8. The molecular formula is C18H16F3NO4. The Kier molecular flexibility index (Phi) is 6.21. The first-order chi connectivity index (χ1) is 12.3. The summed E-state index contributed by atoms with van der Waals surface area (Å²) in [4.78, 5) is 23.9. The van der Waals surface area contributed by atoms with E-state index in [2.05, 4.69) is 5.32 Å². The molecule has 1 amide bonds. The largest absolute Gasteiger partial charge is 0.479 e. The third-order valence-corrected chi connectivity index (χ3v) is 3.31. The first-order valence-electron chi connectivity index (χ1n) is 7.65. The molecule has 138 valence electrons. The summed E-state index contributed by atoms with van der Waals surface area (Å²) < 4.78 is 49.5. The SMILES string of the molecule is C[C@H](OC(=O)[C@H](C)Oc1ccc(F)cc1)C(=O)Nc1ccc(F)cc1F. The van der Waals surface area contributed by atoms with Crippen molar-refractivity contribution in [2.24, 2.45) is 0 Å². The number of rotatable bonds is 6. The Morgan fingerprint density at radius 1 is 0.923 bits per heavy atom. The Labute approximate surface area is 147 Å². The van der Waals surface area contributed by atoms with Crippen LogP contribution in [-0.4, -0.2) is 24.1 Å². The van der Waals surface area contributed by atoms with Gasteiger partial charge in [-0.05, 0) is 50.2 Å². The number of esters is 1. The quantitative estimate of drug-likeness (QED) is 0.795. The molecule has 0 aromatic heterocycles. The topological polar surface area (TPSA) is 64.6 Å². The van der Waals surface area contributed by atoms with Gasteiger partial charge in [0.05, 0.1) is 5.69 Å². The second-order valence-corrected chi connectivity index (χ2v) is 5.41. The van der Waals surface area contributed by atoms with Gasteiger partial charge in [0.1, 0.15) is 23.2 Å². The van der Waals surface area contributed by atoms with Gasteiger partial charge in [0.25, 0.3) is 5.91 Å². The van der Waals surface area contributed by atoms with Crippen LogP contribution in [-0.2, 0) is 14.3 Å². The van der Waals surface area contributed by atoms with Crippen molar-refractivity contribution in [3.63, 3.8) is 0 Å². The zero-order valence-corrected chi connectivity index (χ0v) is 14.0. The van der Waals surface area contributed by atoms with E-state index in [1.807, 2.05) is 0 Å². The molecule has 26 heavy (non-hydrogen) atoms. The molecule has 2 atom stereocenters. The number of amides is 1. The molecular weight excluding hydrogens is 351 g/mol. The molecule has 0 aliphatic carbocycles. The molecule has 0 unspecified atom stereocenters. The summed E-state index contributed by atoms with van der Waals surface area (Å²) in [7, 11) is 0. The summed E-state index contributed by atoms with van der Waals surface area (Å²) in [6.45, 7) is 2.69. The lowest BCUT2D eigenvalue weighted by Crippen LogP contribution is -2.35. The molecule has 8 heteroatoms. The maximum absolute atomic E-state index is 13.5. The monoisotopic (exact) mass is 367 g/mol. The van der Waals surface area contributed by atoms with E-state index in [4.69, 9.17) is 9.47 Å². The van der Waals surface area contributed by atoms with E-state index in [0.717, 1.165) is 12.1 Å². The van der Waals surface area contributed by atoms with E-state index in [1.165, 1.54) is 38.1 Å². The average molecular weight is 367 g/mol. The Hall–Kier alpha value is -3.03. The van der Waals surface area contributed by atoms with E-state index in [1.54, 1.807) is 0 Å². The zero-order valence-electron chi connectivity index (χ0n) is 14.0. The van der Waals surface area contributed by atoms with Crippen LogP contribution in [0.3, 0.4) is 0 Å². The van der Waals surface area contributed by atoms with Crippen LogP contribution in [0.1, 0.15) is 13.8 Å². The van der Waals surface area contributed by atoms with Gasteiger partial charge in [-0.1, -0.05) is 0 Å². The number of carbonyl (C=O) groups excluding carboxylic acids is 2. The van der Waals surface area contributed by atoms with Crippen molar-refractivity contribution >= 4 is 17.6 Å². The lowest BCUT2D eigenvalue weighted by molar-refractivity contribution is -0.159. The molecule has 0 heterocycles. The summed E-state index contributed by atoms with van der Waals surface area (Å²) in [5.74, 6) is -3.57. The molecule has 5 nitrogen and oxygen atoms in total. The van der Waals surface area contributed by atoms with E-state index < -0.39 is 41.5 Å². The minimum Gasteiger partial charge on any atom is -0.479 e. The van der Waals surface area contributed by atoms with Gasteiger partial charge in [-0.2, -0.15) is 0 Å². The van der Waals surface area contributed by atoms with Crippen LogP contribution in [0.2, 0.25) is 0 Å². The van der Waals surface area contributed by atoms with Gasteiger partial charge in [0.2, 0.25) is 0 Å². The summed E-state index contributed by atoms with van der Waals surface area (Å²) in [6, 6.07) is 7.66. The molecule has 0 radical (unpaired) electrons. The summed E-state index contributed by atoms with van der Waals surface area (Å²) >= 11 is 0. The van der Waals surface area contributed by atoms with Crippen molar-refractivity contribution < 1.29 is 32.2 Å². The van der Waals surface area contributed by atoms with E-state index in [-0.39, 0.29) is 11.4 Å². The Morgan fingerprint density at radius 3 is 2.15 bits per heavy atom. The zero-order chi connectivity index (χ0) is 19.3. The maximum Gasteiger partial charge on any atom is 0.347 e. The molecule has 2 aromatic rings. The number of benzene rings is 2. The molecule has 0 bridgehead atoms. The lowest BCUT2D eigenvalue weighted by atomic mass is 10.2. The van der Waals surface area contributed by atoms with Crippen LogP contribution in [0.4, 0.5) is 18.9 Å². The van der Waals surface area contributed by atoms with Gasteiger partial charge in [-0.15, -0.1) is 0 Å². The molecule has 0 aliphatic rings. The number of halogens is 3. The number of carbonyl (C=O) groups is 2. The van der Waals surface area contributed by atoms with Crippen LogP contribution >= 0.6 is 0 Å². The highest BCUT2D eigenvalue weighted by molar-refractivity contribution is 5.95. The highest BCUT2D eigenvalue weighted by atomic mass is 19.1. The van der Waals surface area contributed by atoms with Gasteiger partial charge < -0.3 is 14.8 Å². The molecule has 0 aliphatic heterocycles. The minimum atomic E-state index is -1.24. The number of hydrogen-bond acceptors (Lipinski definition) is 4. The van der Waals surface area contributed by atoms with Crippen molar-refractivity contribution in [3.05, 3.63) is 59.9 Å². The number of nitrogens with one attached hydrogen (secondary N) is 1. The van der Waals surface area contributed by atoms with E-state index >= 15 is 0 Å². The predicted octanol–water partition coefficient (Wildman–Crippen LogP) is 3.44. The molecule has 0 saturated heterocycles. The molecule has 0 fully saturated rings. The van der Waals surface area contributed by atoms with E-state index in [0.29, 0.717) is 6.07 Å². The lowest BCUT2D eigenvalue weighted by Gasteiger charge is -2.18. The number of hydrogen-bond donors (Lipinski definition) is 1. The fourth-order valence-corrected chi connectivity index (χ4v) is 1.91. The third-order valence-electron chi connectivity index (χ3n) is 3.31.